The standard InChI is InChI=1S/C17H27ClN2OS/c1-2-15(16-3-4-17(18)22-16)19-14-5-8-20(9-6-14)11-13-7-10-21-12-13/h3-4,13-15,19H,2,5-12H2,1H3/t13-,15-/m1/s1. The van der Waals surface area contributed by atoms with E-state index in [0.717, 1.165) is 29.9 Å². The highest BCUT2D eigenvalue weighted by molar-refractivity contribution is 7.16. The van der Waals surface area contributed by atoms with Gasteiger partial charge in [-0.15, -0.1) is 11.3 Å². The number of nitrogens with zero attached hydrogens (tertiary/aromatic N) is 1. The zero-order valence-electron chi connectivity index (χ0n) is 13.4. The van der Waals surface area contributed by atoms with Crippen LogP contribution in [0.15, 0.2) is 12.1 Å². The molecule has 0 bridgehead atoms. The molecule has 3 nitrogen and oxygen atoms in total. The van der Waals surface area contributed by atoms with E-state index in [1.54, 1.807) is 11.3 Å². The van der Waals surface area contributed by atoms with Crippen molar-refractivity contribution in [3.8, 4) is 0 Å². The molecule has 0 aliphatic carbocycles. The Bertz CT molecular complexity index is 453. The molecule has 2 saturated heterocycles. The molecule has 0 unspecified atom stereocenters. The summed E-state index contributed by atoms with van der Waals surface area (Å²) in [4.78, 5) is 4.00. The molecule has 0 spiro atoms. The second-order valence-electron chi connectivity index (χ2n) is 6.57. The molecule has 1 aromatic heterocycles. The van der Waals surface area contributed by atoms with Crippen LogP contribution in [0, 0.1) is 5.92 Å². The molecule has 3 heterocycles. The number of thiophene rings is 1. The molecule has 2 aliphatic rings. The molecule has 0 aromatic carbocycles. The Morgan fingerprint density at radius 1 is 1.36 bits per heavy atom. The van der Waals surface area contributed by atoms with Crippen LogP contribution in [0.3, 0.4) is 0 Å². The van der Waals surface area contributed by atoms with E-state index in [4.69, 9.17) is 16.3 Å². The fourth-order valence-corrected chi connectivity index (χ4v) is 4.78. The fourth-order valence-electron chi connectivity index (χ4n) is 3.58. The molecule has 3 rings (SSSR count). The van der Waals surface area contributed by atoms with Crippen molar-refractivity contribution in [1.82, 2.24) is 10.2 Å². The predicted molar refractivity (Wildman–Crippen MR) is 93.9 cm³/mol. The molecule has 2 atom stereocenters. The molecule has 22 heavy (non-hydrogen) atoms. The van der Waals surface area contributed by atoms with E-state index < -0.39 is 0 Å². The molecule has 5 heteroatoms. The van der Waals surface area contributed by atoms with Gasteiger partial charge in [-0.05, 0) is 56.8 Å². The summed E-state index contributed by atoms with van der Waals surface area (Å²) in [6, 6.07) is 5.28. The van der Waals surface area contributed by atoms with Gasteiger partial charge in [-0.3, -0.25) is 0 Å². The molecule has 2 aliphatic heterocycles. The van der Waals surface area contributed by atoms with Gasteiger partial charge in [0.1, 0.15) is 0 Å². The molecule has 0 saturated carbocycles. The number of likely N-dealkylation sites (tertiary alicyclic amines) is 1. The Labute approximate surface area is 143 Å². The Morgan fingerprint density at radius 2 is 2.18 bits per heavy atom. The van der Waals surface area contributed by atoms with Crippen LogP contribution < -0.4 is 5.32 Å². The lowest BCUT2D eigenvalue weighted by Crippen LogP contribution is -2.44. The van der Waals surface area contributed by atoms with E-state index >= 15 is 0 Å². The molecular formula is C17H27ClN2OS. The van der Waals surface area contributed by atoms with Crippen LogP contribution in [0.5, 0.6) is 0 Å². The molecule has 0 amide bonds. The first-order valence-electron chi connectivity index (χ1n) is 8.56. The largest absolute Gasteiger partial charge is 0.381 e. The van der Waals surface area contributed by atoms with Crippen molar-refractivity contribution in [3.63, 3.8) is 0 Å². The van der Waals surface area contributed by atoms with E-state index in [1.165, 1.54) is 43.8 Å². The fraction of sp³-hybridized carbons (Fsp3) is 0.765. The van der Waals surface area contributed by atoms with Gasteiger partial charge in [0.2, 0.25) is 0 Å². The molecule has 0 radical (unpaired) electrons. The minimum Gasteiger partial charge on any atom is -0.381 e. The summed E-state index contributed by atoms with van der Waals surface area (Å²) in [6.45, 7) is 7.84. The van der Waals surface area contributed by atoms with Crippen LogP contribution in [0.4, 0.5) is 0 Å². The van der Waals surface area contributed by atoms with Gasteiger partial charge < -0.3 is 15.0 Å². The first-order chi connectivity index (χ1) is 10.7. The van der Waals surface area contributed by atoms with Gasteiger partial charge in [0.05, 0.1) is 10.9 Å². The molecular weight excluding hydrogens is 316 g/mol. The Hall–Kier alpha value is -0.130. The molecule has 2 fully saturated rings. The number of rotatable bonds is 6. The predicted octanol–water partition coefficient (Wildman–Crippen LogP) is 3.94. The van der Waals surface area contributed by atoms with Gasteiger partial charge in [-0.2, -0.15) is 0 Å². The summed E-state index contributed by atoms with van der Waals surface area (Å²) >= 11 is 7.79. The number of halogens is 1. The molecule has 1 aromatic rings. The van der Waals surface area contributed by atoms with E-state index in [9.17, 15) is 0 Å². The minimum absolute atomic E-state index is 0.456. The molecule has 1 N–H and O–H groups in total. The van der Waals surface area contributed by atoms with E-state index in [-0.39, 0.29) is 0 Å². The average Bonchev–Trinajstić information content (AvgIpc) is 3.18. The van der Waals surface area contributed by atoms with Crippen molar-refractivity contribution in [2.24, 2.45) is 5.92 Å². The second kappa shape index (κ2) is 8.11. The quantitative estimate of drug-likeness (QED) is 0.847. The SMILES string of the molecule is CC[C@@H](NC1CCN(C[C@H]2CCOC2)CC1)c1ccc(Cl)s1. The van der Waals surface area contributed by atoms with Crippen LogP contribution in [0.25, 0.3) is 0 Å². The van der Waals surface area contributed by atoms with Crippen LogP contribution in [-0.2, 0) is 4.74 Å². The second-order valence-corrected chi connectivity index (χ2v) is 8.32. The van der Waals surface area contributed by atoms with Crippen molar-refractivity contribution in [2.45, 2.75) is 44.7 Å². The minimum atomic E-state index is 0.456. The van der Waals surface area contributed by atoms with Gasteiger partial charge in [0.15, 0.2) is 0 Å². The van der Waals surface area contributed by atoms with Gasteiger partial charge in [-0.1, -0.05) is 18.5 Å². The van der Waals surface area contributed by atoms with Gasteiger partial charge in [0, 0.05) is 30.1 Å². The Morgan fingerprint density at radius 3 is 2.77 bits per heavy atom. The van der Waals surface area contributed by atoms with Crippen LogP contribution >= 0.6 is 22.9 Å². The highest BCUT2D eigenvalue weighted by atomic mass is 35.5. The van der Waals surface area contributed by atoms with Crippen molar-refractivity contribution in [3.05, 3.63) is 21.3 Å². The van der Waals surface area contributed by atoms with Gasteiger partial charge >= 0.3 is 0 Å². The number of hydrogen-bond donors (Lipinski definition) is 1. The lowest BCUT2D eigenvalue weighted by Gasteiger charge is -2.35. The van der Waals surface area contributed by atoms with E-state index in [0.29, 0.717) is 12.1 Å². The summed E-state index contributed by atoms with van der Waals surface area (Å²) in [5.41, 5.74) is 0. The smallest absolute Gasteiger partial charge is 0.0931 e. The third kappa shape index (κ3) is 4.45. The molecule has 124 valence electrons. The lowest BCUT2D eigenvalue weighted by molar-refractivity contribution is 0.145. The number of ether oxygens (including phenoxy) is 1. The highest BCUT2D eigenvalue weighted by Gasteiger charge is 2.25. The summed E-state index contributed by atoms with van der Waals surface area (Å²) in [5, 5.41) is 3.85. The third-order valence-corrected chi connectivity index (χ3v) is 6.26. The number of nitrogens with one attached hydrogen (secondary N) is 1. The number of hydrogen-bond acceptors (Lipinski definition) is 4. The summed E-state index contributed by atoms with van der Waals surface area (Å²) in [7, 11) is 0. The lowest BCUT2D eigenvalue weighted by atomic mass is 10.0. The first-order valence-corrected chi connectivity index (χ1v) is 9.75. The van der Waals surface area contributed by atoms with Gasteiger partial charge in [-0.25, -0.2) is 0 Å². The third-order valence-electron chi connectivity index (χ3n) is 4.91. The van der Waals surface area contributed by atoms with Crippen LogP contribution in [-0.4, -0.2) is 43.8 Å². The maximum atomic E-state index is 6.08. The number of piperidine rings is 1. The maximum Gasteiger partial charge on any atom is 0.0931 e. The maximum absolute atomic E-state index is 6.08. The Balaban J connectivity index is 1.44. The summed E-state index contributed by atoms with van der Waals surface area (Å²) in [6.07, 6.45) is 4.87. The highest BCUT2D eigenvalue weighted by Crippen LogP contribution is 2.29. The Kier molecular flexibility index (Phi) is 6.16. The monoisotopic (exact) mass is 342 g/mol. The topological polar surface area (TPSA) is 24.5 Å². The van der Waals surface area contributed by atoms with Crippen molar-refractivity contribution < 1.29 is 4.74 Å². The van der Waals surface area contributed by atoms with E-state index in [2.05, 4.69) is 23.2 Å². The zero-order valence-corrected chi connectivity index (χ0v) is 15.0. The van der Waals surface area contributed by atoms with Crippen LogP contribution in [0.1, 0.15) is 43.5 Å². The van der Waals surface area contributed by atoms with Crippen LogP contribution in [0.2, 0.25) is 4.34 Å². The van der Waals surface area contributed by atoms with Crippen molar-refractivity contribution in [2.75, 3.05) is 32.8 Å². The summed E-state index contributed by atoms with van der Waals surface area (Å²) < 4.78 is 6.38. The zero-order chi connectivity index (χ0) is 15.4. The first kappa shape index (κ1) is 16.7. The normalized spacial score (nSPS) is 25.6. The average molecular weight is 343 g/mol. The van der Waals surface area contributed by atoms with E-state index in [1.807, 2.05) is 6.07 Å². The summed E-state index contributed by atoms with van der Waals surface area (Å²) in [5.74, 6) is 0.765. The van der Waals surface area contributed by atoms with Crippen molar-refractivity contribution >= 4 is 22.9 Å². The van der Waals surface area contributed by atoms with Gasteiger partial charge in [0.25, 0.3) is 0 Å². The van der Waals surface area contributed by atoms with Crippen molar-refractivity contribution in [1.29, 1.82) is 0 Å².